The first-order valence-electron chi connectivity index (χ1n) is 7.31. The molecule has 2 aromatic rings. The van der Waals surface area contributed by atoms with Crippen LogP contribution in [-0.4, -0.2) is 23.3 Å². The van der Waals surface area contributed by atoms with Crippen LogP contribution in [0.1, 0.15) is 43.3 Å². The first-order valence-corrected chi connectivity index (χ1v) is 8.58. The van der Waals surface area contributed by atoms with Crippen molar-refractivity contribution in [2.24, 2.45) is 0 Å². The molecule has 0 bridgehead atoms. The lowest BCUT2D eigenvalue weighted by molar-refractivity contribution is 0.0652. The van der Waals surface area contributed by atoms with Crippen molar-refractivity contribution in [3.05, 3.63) is 51.2 Å². The predicted octanol–water partition coefficient (Wildman–Crippen LogP) is 3.96. The average Bonchev–Trinajstić information content (AvgIpc) is 2.95. The second-order valence-electron chi connectivity index (χ2n) is 5.43. The van der Waals surface area contributed by atoms with Crippen LogP contribution >= 0.6 is 24.0 Å². The second-order valence-corrected chi connectivity index (χ2v) is 7.25. The van der Waals surface area contributed by atoms with E-state index in [4.69, 9.17) is 0 Å². The zero-order valence-electron chi connectivity index (χ0n) is 12.3. The molecular weight excluding hydrogens is 314 g/mol. The lowest BCUT2D eigenvalue weighted by atomic mass is 10.1. The topological polar surface area (TPSA) is 37.4 Å². The van der Waals surface area contributed by atoms with E-state index in [2.05, 4.69) is 25.6 Å². The van der Waals surface area contributed by atoms with Crippen molar-refractivity contribution in [1.82, 2.24) is 4.90 Å². The lowest BCUT2D eigenvalue weighted by Crippen LogP contribution is -2.30. The van der Waals surface area contributed by atoms with E-state index in [0.717, 1.165) is 24.2 Å². The number of hydrogen-bond acceptors (Lipinski definition) is 4. The Morgan fingerprint density at radius 2 is 1.73 bits per heavy atom. The Bertz CT molecular complexity index is 701. The molecule has 5 heteroatoms. The highest BCUT2D eigenvalue weighted by Gasteiger charge is 2.34. The van der Waals surface area contributed by atoms with E-state index >= 15 is 0 Å². The highest BCUT2D eigenvalue weighted by atomic mass is 32.1. The fourth-order valence-electron chi connectivity index (χ4n) is 2.73. The number of carbonyl (C=O) groups excluding carboxylic acids is 2. The highest BCUT2D eigenvalue weighted by molar-refractivity contribution is 7.80. The van der Waals surface area contributed by atoms with E-state index in [-0.39, 0.29) is 11.8 Å². The number of nitrogens with zero attached hydrogens (tertiary/aromatic N) is 1. The standard InChI is InChI=1S/C17H17NO2S2/c1-11-10-14(21)15(22-11)8-4-5-9-18-16(19)12-6-2-3-7-13(12)17(18)20/h2-3,6-7,10,21H,4-5,8-9H2,1H3. The van der Waals surface area contributed by atoms with Crippen molar-refractivity contribution in [2.45, 2.75) is 31.1 Å². The number of carbonyl (C=O) groups is 2. The van der Waals surface area contributed by atoms with Crippen molar-refractivity contribution >= 4 is 35.8 Å². The SMILES string of the molecule is Cc1cc(S)c(CCCCN2C(=O)c3ccccc3C2=O)s1. The van der Waals surface area contributed by atoms with Gasteiger partial charge in [-0.05, 0) is 44.4 Å². The fraction of sp³-hybridized carbons (Fsp3) is 0.294. The van der Waals surface area contributed by atoms with Crippen LogP contribution in [0, 0.1) is 6.92 Å². The molecule has 0 saturated heterocycles. The maximum absolute atomic E-state index is 12.2. The van der Waals surface area contributed by atoms with Gasteiger partial charge in [-0.3, -0.25) is 14.5 Å². The summed E-state index contributed by atoms with van der Waals surface area (Å²) in [5.41, 5.74) is 1.05. The van der Waals surface area contributed by atoms with Crippen LogP contribution in [0.3, 0.4) is 0 Å². The van der Waals surface area contributed by atoms with Crippen LogP contribution in [0.15, 0.2) is 35.2 Å². The maximum atomic E-state index is 12.2. The summed E-state index contributed by atoms with van der Waals surface area (Å²) in [6, 6.07) is 9.10. The van der Waals surface area contributed by atoms with Gasteiger partial charge in [0.25, 0.3) is 11.8 Å². The molecule has 2 heterocycles. The minimum absolute atomic E-state index is 0.164. The molecule has 1 aromatic carbocycles. The van der Waals surface area contributed by atoms with E-state index < -0.39 is 0 Å². The zero-order chi connectivity index (χ0) is 15.7. The number of benzene rings is 1. The molecule has 0 saturated carbocycles. The normalized spacial score (nSPS) is 13.8. The van der Waals surface area contributed by atoms with Gasteiger partial charge in [-0.25, -0.2) is 0 Å². The lowest BCUT2D eigenvalue weighted by Gasteiger charge is -2.13. The predicted molar refractivity (Wildman–Crippen MR) is 91.1 cm³/mol. The van der Waals surface area contributed by atoms with Crippen LogP contribution in [-0.2, 0) is 6.42 Å². The first kappa shape index (κ1) is 15.3. The first-order chi connectivity index (χ1) is 10.6. The zero-order valence-corrected chi connectivity index (χ0v) is 14.0. The molecule has 0 fully saturated rings. The average molecular weight is 331 g/mol. The van der Waals surface area contributed by atoms with E-state index in [9.17, 15) is 9.59 Å². The van der Waals surface area contributed by atoms with Crippen LogP contribution in [0.4, 0.5) is 0 Å². The monoisotopic (exact) mass is 331 g/mol. The molecule has 1 aromatic heterocycles. The number of unbranched alkanes of at least 4 members (excludes halogenated alkanes) is 1. The Morgan fingerprint density at radius 3 is 2.27 bits per heavy atom. The molecule has 1 aliphatic rings. The Kier molecular flexibility index (Phi) is 4.36. The number of aryl methyl sites for hydroxylation is 2. The van der Waals surface area contributed by atoms with Crippen molar-refractivity contribution in [3.63, 3.8) is 0 Å². The minimum atomic E-state index is -0.164. The number of fused-ring (bicyclic) bond motifs is 1. The molecule has 0 atom stereocenters. The van der Waals surface area contributed by atoms with Crippen molar-refractivity contribution in [1.29, 1.82) is 0 Å². The Balaban J connectivity index is 1.56. The van der Waals surface area contributed by atoms with Gasteiger partial charge in [0.05, 0.1) is 11.1 Å². The van der Waals surface area contributed by atoms with Gasteiger partial charge in [0.2, 0.25) is 0 Å². The summed E-state index contributed by atoms with van der Waals surface area (Å²) in [7, 11) is 0. The molecule has 0 radical (unpaired) electrons. The molecule has 0 N–H and O–H groups in total. The van der Waals surface area contributed by atoms with Gasteiger partial charge >= 0.3 is 0 Å². The number of imide groups is 1. The molecule has 3 rings (SSSR count). The summed E-state index contributed by atoms with van der Waals surface area (Å²) in [6.45, 7) is 2.56. The number of amides is 2. The van der Waals surface area contributed by atoms with Gasteiger partial charge in [0, 0.05) is 21.2 Å². The fourth-order valence-corrected chi connectivity index (χ4v) is 4.23. The van der Waals surface area contributed by atoms with Crippen LogP contribution < -0.4 is 0 Å². The summed E-state index contributed by atoms with van der Waals surface area (Å²) < 4.78 is 0. The van der Waals surface area contributed by atoms with Gasteiger partial charge in [-0.15, -0.1) is 24.0 Å². The van der Waals surface area contributed by atoms with E-state index in [1.54, 1.807) is 35.6 Å². The molecule has 0 aliphatic carbocycles. The summed E-state index contributed by atoms with van der Waals surface area (Å²) >= 11 is 6.23. The number of thiophene rings is 1. The van der Waals surface area contributed by atoms with Gasteiger partial charge in [-0.1, -0.05) is 12.1 Å². The Labute approximate surface area is 139 Å². The third-order valence-electron chi connectivity index (χ3n) is 3.82. The van der Waals surface area contributed by atoms with Crippen molar-refractivity contribution in [2.75, 3.05) is 6.54 Å². The Hall–Kier alpha value is -1.59. The summed E-state index contributed by atoms with van der Waals surface area (Å²) in [5, 5.41) is 0. The highest BCUT2D eigenvalue weighted by Crippen LogP contribution is 2.27. The molecular formula is C17H17NO2S2. The Morgan fingerprint density at radius 1 is 1.09 bits per heavy atom. The van der Waals surface area contributed by atoms with Gasteiger partial charge in [0.1, 0.15) is 0 Å². The van der Waals surface area contributed by atoms with Crippen molar-refractivity contribution < 1.29 is 9.59 Å². The molecule has 0 spiro atoms. The van der Waals surface area contributed by atoms with Crippen LogP contribution in [0.5, 0.6) is 0 Å². The largest absolute Gasteiger partial charge is 0.274 e. The van der Waals surface area contributed by atoms with Gasteiger partial charge < -0.3 is 0 Å². The molecule has 2 amide bonds. The number of thiol groups is 1. The van der Waals surface area contributed by atoms with Gasteiger partial charge in [-0.2, -0.15) is 0 Å². The summed E-state index contributed by atoms with van der Waals surface area (Å²) in [6.07, 6.45) is 2.71. The van der Waals surface area contributed by atoms with E-state index in [1.807, 2.05) is 0 Å². The number of hydrogen-bond donors (Lipinski definition) is 1. The number of rotatable bonds is 5. The summed E-state index contributed by atoms with van der Waals surface area (Å²) in [5.74, 6) is -0.329. The second kappa shape index (κ2) is 6.26. The maximum Gasteiger partial charge on any atom is 0.261 e. The molecule has 22 heavy (non-hydrogen) atoms. The third kappa shape index (κ3) is 2.83. The summed E-state index contributed by atoms with van der Waals surface area (Å²) in [4.78, 5) is 29.4. The molecule has 1 aliphatic heterocycles. The molecule has 0 unspecified atom stereocenters. The quantitative estimate of drug-likeness (QED) is 0.511. The van der Waals surface area contributed by atoms with Gasteiger partial charge in [0.15, 0.2) is 0 Å². The minimum Gasteiger partial charge on any atom is -0.274 e. The van der Waals surface area contributed by atoms with E-state index in [0.29, 0.717) is 17.7 Å². The van der Waals surface area contributed by atoms with Crippen LogP contribution in [0.25, 0.3) is 0 Å². The van der Waals surface area contributed by atoms with Crippen LogP contribution in [0.2, 0.25) is 0 Å². The van der Waals surface area contributed by atoms with E-state index in [1.165, 1.54) is 14.7 Å². The third-order valence-corrected chi connectivity index (χ3v) is 5.48. The smallest absolute Gasteiger partial charge is 0.261 e. The molecule has 114 valence electrons. The van der Waals surface area contributed by atoms with Crippen molar-refractivity contribution in [3.8, 4) is 0 Å². The molecule has 3 nitrogen and oxygen atoms in total.